The van der Waals surface area contributed by atoms with Gasteiger partial charge in [0.25, 0.3) is 0 Å². The SMILES string of the molecule is CCCCCCCCCCCCSCC1=C(O)C=CC(CCCCCCCCC)(CSCCCCCCCCCCCC)C1. The van der Waals surface area contributed by atoms with Gasteiger partial charge in [-0.1, -0.05) is 187 Å². The lowest BCUT2D eigenvalue weighted by atomic mass is 9.76. The number of unbranched alkanes of at least 4 members (excludes halogenated alkanes) is 24. The first-order valence-corrected chi connectivity index (χ1v) is 22.2. The van der Waals surface area contributed by atoms with Crippen molar-refractivity contribution in [3.63, 3.8) is 0 Å². The van der Waals surface area contributed by atoms with Gasteiger partial charge in [0.15, 0.2) is 0 Å². The molecule has 44 heavy (non-hydrogen) atoms. The molecule has 0 aromatic rings. The summed E-state index contributed by atoms with van der Waals surface area (Å²) in [5.41, 5.74) is 1.58. The molecule has 1 nitrogen and oxygen atoms in total. The number of rotatable bonds is 34. The first kappa shape index (κ1) is 42.0. The number of aliphatic hydroxyl groups is 1. The van der Waals surface area contributed by atoms with Crippen LogP contribution in [0.5, 0.6) is 0 Å². The largest absolute Gasteiger partial charge is 0.508 e. The van der Waals surface area contributed by atoms with Crippen molar-refractivity contribution in [2.24, 2.45) is 5.41 Å². The van der Waals surface area contributed by atoms with Crippen LogP contribution in [-0.4, -0.2) is 28.1 Å². The van der Waals surface area contributed by atoms with E-state index >= 15 is 0 Å². The predicted octanol–water partition coefficient (Wildman–Crippen LogP) is 15.2. The molecule has 1 unspecified atom stereocenters. The molecule has 0 aromatic carbocycles. The lowest BCUT2D eigenvalue weighted by molar-refractivity contribution is 0.343. The fourth-order valence-electron chi connectivity index (χ4n) is 6.70. The molecule has 0 heterocycles. The fourth-order valence-corrected chi connectivity index (χ4v) is 9.05. The third kappa shape index (κ3) is 24.2. The molecule has 1 aliphatic carbocycles. The lowest BCUT2D eigenvalue weighted by Gasteiger charge is -2.34. The Morgan fingerprint density at radius 1 is 0.523 bits per heavy atom. The van der Waals surface area contributed by atoms with Gasteiger partial charge in [-0.2, -0.15) is 23.5 Å². The molecule has 3 heteroatoms. The topological polar surface area (TPSA) is 20.2 Å². The van der Waals surface area contributed by atoms with Crippen molar-refractivity contribution in [1.82, 2.24) is 0 Å². The van der Waals surface area contributed by atoms with Crippen molar-refractivity contribution in [2.45, 2.75) is 207 Å². The van der Waals surface area contributed by atoms with Crippen molar-refractivity contribution < 1.29 is 5.11 Å². The van der Waals surface area contributed by atoms with Gasteiger partial charge < -0.3 is 5.11 Å². The number of hydrogen-bond donors (Lipinski definition) is 1. The monoisotopic (exact) mass is 651 g/mol. The highest BCUT2D eigenvalue weighted by atomic mass is 32.2. The third-order valence-electron chi connectivity index (χ3n) is 9.75. The second kappa shape index (κ2) is 31.6. The summed E-state index contributed by atoms with van der Waals surface area (Å²) < 4.78 is 0. The van der Waals surface area contributed by atoms with Crippen molar-refractivity contribution in [2.75, 3.05) is 23.0 Å². The molecule has 1 N–H and O–H groups in total. The first-order valence-electron chi connectivity index (χ1n) is 19.9. The summed E-state index contributed by atoms with van der Waals surface area (Å²) in [6, 6.07) is 0. The Balaban J connectivity index is 2.35. The lowest BCUT2D eigenvalue weighted by Crippen LogP contribution is -2.26. The smallest absolute Gasteiger partial charge is 0.115 e. The normalized spacial score (nSPS) is 16.8. The maximum Gasteiger partial charge on any atom is 0.115 e. The molecule has 1 rings (SSSR count). The van der Waals surface area contributed by atoms with Crippen LogP contribution in [0.1, 0.15) is 207 Å². The second-order valence-electron chi connectivity index (χ2n) is 14.2. The number of aliphatic hydroxyl groups excluding tert-OH is 1. The molecule has 0 amide bonds. The van der Waals surface area contributed by atoms with Crippen molar-refractivity contribution in [3.05, 3.63) is 23.5 Å². The highest BCUT2D eigenvalue weighted by Crippen LogP contribution is 2.42. The summed E-state index contributed by atoms with van der Waals surface area (Å²) in [5.74, 6) is 5.39. The van der Waals surface area contributed by atoms with E-state index in [1.807, 2.05) is 0 Å². The fraction of sp³-hybridized carbons (Fsp3) is 0.902. The van der Waals surface area contributed by atoms with Crippen LogP contribution in [0.2, 0.25) is 0 Å². The minimum absolute atomic E-state index is 0.256. The Labute approximate surface area is 286 Å². The molecule has 0 saturated heterocycles. The van der Waals surface area contributed by atoms with Gasteiger partial charge in [-0.05, 0) is 48.8 Å². The van der Waals surface area contributed by atoms with Crippen LogP contribution in [0.25, 0.3) is 0 Å². The Morgan fingerprint density at radius 3 is 1.36 bits per heavy atom. The predicted molar refractivity (Wildman–Crippen MR) is 207 cm³/mol. The van der Waals surface area contributed by atoms with Crippen molar-refractivity contribution in [3.8, 4) is 0 Å². The van der Waals surface area contributed by atoms with Crippen molar-refractivity contribution >= 4 is 23.5 Å². The van der Waals surface area contributed by atoms with Gasteiger partial charge in [0.05, 0.1) is 0 Å². The molecule has 1 aliphatic rings. The Hall–Kier alpha value is -0.0200. The summed E-state index contributed by atoms with van der Waals surface area (Å²) in [4.78, 5) is 0. The Morgan fingerprint density at radius 2 is 0.909 bits per heavy atom. The molecule has 0 aromatic heterocycles. The molecule has 0 bridgehead atoms. The molecular weight excluding hydrogens is 573 g/mol. The number of allylic oxidation sites excluding steroid dienone is 2. The molecule has 0 saturated carbocycles. The number of thioether (sulfide) groups is 2. The molecule has 0 fully saturated rings. The van der Waals surface area contributed by atoms with Gasteiger partial charge in [0.1, 0.15) is 5.76 Å². The molecule has 0 spiro atoms. The summed E-state index contributed by atoms with van der Waals surface area (Å²) in [6.07, 6.45) is 44.8. The van der Waals surface area contributed by atoms with Gasteiger partial charge in [-0.3, -0.25) is 0 Å². The minimum Gasteiger partial charge on any atom is -0.508 e. The minimum atomic E-state index is 0.256. The summed E-state index contributed by atoms with van der Waals surface area (Å²) >= 11 is 4.27. The van der Waals surface area contributed by atoms with E-state index in [2.05, 4.69) is 56.4 Å². The summed E-state index contributed by atoms with van der Waals surface area (Å²) in [6.45, 7) is 6.91. The molecule has 0 aliphatic heterocycles. The van der Waals surface area contributed by atoms with Gasteiger partial charge in [-0.15, -0.1) is 0 Å². The van der Waals surface area contributed by atoms with Crippen LogP contribution in [0.15, 0.2) is 23.5 Å². The summed E-state index contributed by atoms with van der Waals surface area (Å²) in [7, 11) is 0. The van der Waals surface area contributed by atoms with Crippen LogP contribution >= 0.6 is 23.5 Å². The molecule has 0 radical (unpaired) electrons. The Kier molecular flexibility index (Phi) is 30.1. The van der Waals surface area contributed by atoms with Crippen molar-refractivity contribution in [1.29, 1.82) is 0 Å². The van der Waals surface area contributed by atoms with E-state index in [1.165, 1.54) is 203 Å². The van der Waals surface area contributed by atoms with E-state index in [9.17, 15) is 5.11 Å². The van der Waals surface area contributed by atoms with E-state index in [1.54, 1.807) is 0 Å². The second-order valence-corrected chi connectivity index (χ2v) is 16.4. The zero-order chi connectivity index (χ0) is 31.8. The van der Waals surface area contributed by atoms with E-state index in [-0.39, 0.29) is 5.41 Å². The molecule has 260 valence electrons. The van der Waals surface area contributed by atoms with E-state index in [0.717, 1.165) is 12.2 Å². The first-order chi connectivity index (χ1) is 21.7. The highest BCUT2D eigenvalue weighted by Gasteiger charge is 2.31. The van der Waals surface area contributed by atoms with Crippen LogP contribution in [0.3, 0.4) is 0 Å². The zero-order valence-electron chi connectivity index (χ0n) is 30.3. The van der Waals surface area contributed by atoms with E-state index in [4.69, 9.17) is 0 Å². The summed E-state index contributed by atoms with van der Waals surface area (Å²) in [5, 5.41) is 10.8. The van der Waals surface area contributed by atoms with Crippen LogP contribution in [0.4, 0.5) is 0 Å². The van der Waals surface area contributed by atoms with Crippen LogP contribution in [-0.2, 0) is 0 Å². The maximum atomic E-state index is 10.8. The Bertz CT molecular complexity index is 672. The highest BCUT2D eigenvalue weighted by molar-refractivity contribution is 7.99. The van der Waals surface area contributed by atoms with Gasteiger partial charge in [-0.25, -0.2) is 0 Å². The molecule has 1 atom stereocenters. The molecular formula is C41H78OS2. The average molecular weight is 651 g/mol. The van der Waals surface area contributed by atoms with E-state index < -0.39 is 0 Å². The average Bonchev–Trinajstić information content (AvgIpc) is 3.03. The third-order valence-corrected chi connectivity index (χ3v) is 12.2. The zero-order valence-corrected chi connectivity index (χ0v) is 31.9. The van der Waals surface area contributed by atoms with Gasteiger partial charge in [0.2, 0.25) is 0 Å². The van der Waals surface area contributed by atoms with Gasteiger partial charge >= 0.3 is 0 Å². The van der Waals surface area contributed by atoms with Gasteiger partial charge in [0, 0.05) is 16.9 Å². The maximum absolute atomic E-state index is 10.8. The van der Waals surface area contributed by atoms with E-state index in [0.29, 0.717) is 5.76 Å². The quantitative estimate of drug-likeness (QED) is 0.0700. The standard InChI is InChI=1S/C41H78OS2/c1-4-7-10-13-16-18-20-23-26-29-34-43-37-39-36-41(33-31-40(39)42,32-28-25-22-15-12-9-6-3)38-44-35-30-27-24-21-19-17-14-11-8-5-2/h31,33,42H,4-30,32,34-38H2,1-3H3. The van der Waals surface area contributed by atoms with Crippen LogP contribution < -0.4 is 0 Å². The van der Waals surface area contributed by atoms with Crippen LogP contribution in [0, 0.1) is 5.41 Å². The number of hydrogen-bond acceptors (Lipinski definition) is 3.